The maximum Gasteiger partial charge on any atom is 0.337 e. The standard InChI is InChI=1S/C23H26ClN3O4/c1-14(2)20(26-21(28)17-11-18(23(30)31)13-25-12-17)22(29)27-9-7-16(8-10-27)15-3-5-19(24)6-4-15/h3-6,11-14,16,20H,7-10H2,1-2H3,(H,26,28)(H,30,31)/t20-/m1/s1. The molecule has 1 atom stereocenters. The van der Waals surface area contributed by atoms with Crippen molar-refractivity contribution in [3.05, 3.63) is 64.4 Å². The molecule has 0 spiro atoms. The van der Waals surface area contributed by atoms with E-state index in [4.69, 9.17) is 16.7 Å². The van der Waals surface area contributed by atoms with E-state index in [9.17, 15) is 14.4 Å². The number of aromatic carboxylic acids is 1. The van der Waals surface area contributed by atoms with Crippen molar-refractivity contribution in [1.29, 1.82) is 0 Å². The first kappa shape index (κ1) is 22.7. The Morgan fingerprint density at radius 1 is 1.10 bits per heavy atom. The molecule has 1 aromatic carbocycles. The minimum atomic E-state index is -1.16. The van der Waals surface area contributed by atoms with Crippen LogP contribution in [0.3, 0.4) is 0 Å². The molecule has 8 heteroatoms. The van der Waals surface area contributed by atoms with E-state index in [1.165, 1.54) is 24.0 Å². The lowest BCUT2D eigenvalue weighted by molar-refractivity contribution is -0.135. The fourth-order valence-corrected chi connectivity index (χ4v) is 3.91. The molecule has 7 nitrogen and oxygen atoms in total. The van der Waals surface area contributed by atoms with Gasteiger partial charge in [-0.2, -0.15) is 0 Å². The number of likely N-dealkylation sites (tertiary alicyclic amines) is 1. The zero-order valence-electron chi connectivity index (χ0n) is 17.5. The predicted molar refractivity (Wildman–Crippen MR) is 117 cm³/mol. The molecule has 164 valence electrons. The van der Waals surface area contributed by atoms with Gasteiger partial charge in [0.15, 0.2) is 0 Å². The second-order valence-corrected chi connectivity index (χ2v) is 8.55. The van der Waals surface area contributed by atoms with Crippen molar-refractivity contribution >= 4 is 29.4 Å². The number of piperidine rings is 1. The van der Waals surface area contributed by atoms with Crippen molar-refractivity contribution < 1.29 is 19.5 Å². The Labute approximate surface area is 186 Å². The fourth-order valence-electron chi connectivity index (χ4n) is 3.78. The van der Waals surface area contributed by atoms with Gasteiger partial charge in [0.05, 0.1) is 11.1 Å². The third kappa shape index (κ3) is 5.61. The van der Waals surface area contributed by atoms with Crippen LogP contribution >= 0.6 is 11.6 Å². The van der Waals surface area contributed by atoms with Gasteiger partial charge in [0.2, 0.25) is 5.91 Å². The average molecular weight is 444 g/mol. The average Bonchev–Trinajstić information content (AvgIpc) is 2.77. The van der Waals surface area contributed by atoms with Crippen LogP contribution in [0, 0.1) is 5.92 Å². The second kappa shape index (κ2) is 9.92. The zero-order chi connectivity index (χ0) is 22.5. The smallest absolute Gasteiger partial charge is 0.337 e. The summed E-state index contributed by atoms with van der Waals surface area (Å²) in [7, 11) is 0. The lowest BCUT2D eigenvalue weighted by Crippen LogP contribution is -2.52. The number of amides is 2. The van der Waals surface area contributed by atoms with Crippen LogP contribution in [0.2, 0.25) is 5.02 Å². The van der Waals surface area contributed by atoms with Crippen molar-refractivity contribution in [2.24, 2.45) is 5.92 Å². The van der Waals surface area contributed by atoms with Gasteiger partial charge >= 0.3 is 5.97 Å². The molecule has 1 saturated heterocycles. The van der Waals surface area contributed by atoms with Gasteiger partial charge in [-0.05, 0) is 48.4 Å². The van der Waals surface area contributed by atoms with Gasteiger partial charge in [-0.3, -0.25) is 14.6 Å². The van der Waals surface area contributed by atoms with Crippen LogP contribution in [0.25, 0.3) is 0 Å². The van der Waals surface area contributed by atoms with Crippen LogP contribution in [0.15, 0.2) is 42.7 Å². The van der Waals surface area contributed by atoms with E-state index in [1.54, 1.807) is 4.90 Å². The van der Waals surface area contributed by atoms with Gasteiger partial charge in [0.1, 0.15) is 6.04 Å². The third-order valence-electron chi connectivity index (χ3n) is 5.61. The normalized spacial score (nSPS) is 15.5. The number of rotatable bonds is 6. The molecule has 1 fully saturated rings. The van der Waals surface area contributed by atoms with Gasteiger partial charge in [-0.1, -0.05) is 37.6 Å². The summed E-state index contributed by atoms with van der Waals surface area (Å²) in [6.45, 7) is 4.97. The van der Waals surface area contributed by atoms with Gasteiger partial charge in [-0.15, -0.1) is 0 Å². The quantitative estimate of drug-likeness (QED) is 0.710. The first-order valence-electron chi connectivity index (χ1n) is 10.3. The number of pyridine rings is 1. The number of carbonyl (C=O) groups is 3. The van der Waals surface area contributed by atoms with Crippen LogP contribution in [-0.4, -0.2) is 51.9 Å². The zero-order valence-corrected chi connectivity index (χ0v) is 18.3. The van der Waals surface area contributed by atoms with Gasteiger partial charge in [-0.25, -0.2) is 4.79 Å². The molecule has 2 amide bonds. The Bertz CT molecular complexity index is 954. The largest absolute Gasteiger partial charge is 0.478 e. The van der Waals surface area contributed by atoms with Crippen LogP contribution in [0.1, 0.15) is 58.9 Å². The van der Waals surface area contributed by atoms with Gasteiger partial charge in [0, 0.05) is 30.5 Å². The topological polar surface area (TPSA) is 99.6 Å². The number of carboxylic acids is 1. The number of benzene rings is 1. The highest BCUT2D eigenvalue weighted by atomic mass is 35.5. The molecular weight excluding hydrogens is 418 g/mol. The number of carbonyl (C=O) groups excluding carboxylic acids is 2. The maximum absolute atomic E-state index is 13.2. The maximum atomic E-state index is 13.2. The molecule has 0 unspecified atom stereocenters. The number of aromatic nitrogens is 1. The molecule has 1 aliphatic heterocycles. The Hall–Kier alpha value is -2.93. The van der Waals surface area contributed by atoms with Gasteiger partial charge in [0.25, 0.3) is 5.91 Å². The van der Waals surface area contributed by atoms with Crippen molar-refractivity contribution in [2.45, 2.75) is 38.6 Å². The van der Waals surface area contributed by atoms with Crippen LogP contribution < -0.4 is 5.32 Å². The Morgan fingerprint density at radius 2 is 1.71 bits per heavy atom. The lowest BCUT2D eigenvalue weighted by atomic mass is 9.89. The van der Waals surface area contributed by atoms with E-state index in [0.717, 1.165) is 12.8 Å². The summed E-state index contributed by atoms with van der Waals surface area (Å²) in [6, 6.07) is 8.37. The van der Waals surface area contributed by atoms with E-state index < -0.39 is 17.9 Å². The lowest BCUT2D eigenvalue weighted by Gasteiger charge is -2.35. The summed E-state index contributed by atoms with van der Waals surface area (Å²) in [4.78, 5) is 42.5. The molecule has 31 heavy (non-hydrogen) atoms. The van der Waals surface area contributed by atoms with Crippen LogP contribution in [-0.2, 0) is 4.79 Å². The van der Waals surface area contributed by atoms with E-state index in [-0.39, 0.29) is 23.0 Å². The molecular formula is C23H26ClN3O4. The minimum Gasteiger partial charge on any atom is -0.478 e. The summed E-state index contributed by atoms with van der Waals surface area (Å²) in [5.41, 5.74) is 1.25. The number of carboxylic acid groups (broad SMARTS) is 1. The number of nitrogens with one attached hydrogen (secondary N) is 1. The first-order chi connectivity index (χ1) is 14.8. The molecule has 0 bridgehead atoms. The molecule has 0 aliphatic carbocycles. The monoisotopic (exact) mass is 443 g/mol. The molecule has 0 radical (unpaired) electrons. The third-order valence-corrected chi connectivity index (χ3v) is 5.87. The van der Waals surface area contributed by atoms with E-state index in [1.807, 2.05) is 38.1 Å². The Balaban J connectivity index is 1.64. The highest BCUT2D eigenvalue weighted by Gasteiger charge is 2.32. The SMILES string of the molecule is CC(C)[C@@H](NC(=O)c1cncc(C(=O)O)c1)C(=O)N1CCC(c2ccc(Cl)cc2)CC1. The highest BCUT2D eigenvalue weighted by molar-refractivity contribution is 6.30. The Morgan fingerprint density at radius 3 is 2.29 bits per heavy atom. The van der Waals surface area contributed by atoms with Crippen molar-refractivity contribution in [3.8, 4) is 0 Å². The predicted octanol–water partition coefficient (Wildman–Crippen LogP) is 3.59. The number of hydrogen-bond acceptors (Lipinski definition) is 4. The van der Waals surface area contributed by atoms with E-state index in [0.29, 0.717) is 24.0 Å². The highest BCUT2D eigenvalue weighted by Crippen LogP contribution is 2.29. The fraction of sp³-hybridized carbons (Fsp3) is 0.391. The summed E-state index contributed by atoms with van der Waals surface area (Å²) in [5, 5.41) is 12.6. The molecule has 1 aromatic heterocycles. The summed E-state index contributed by atoms with van der Waals surface area (Å²) < 4.78 is 0. The van der Waals surface area contributed by atoms with Crippen LogP contribution in [0.4, 0.5) is 0 Å². The molecule has 2 aromatic rings. The van der Waals surface area contributed by atoms with E-state index in [2.05, 4.69) is 10.3 Å². The van der Waals surface area contributed by atoms with Gasteiger partial charge < -0.3 is 15.3 Å². The van der Waals surface area contributed by atoms with Crippen molar-refractivity contribution in [1.82, 2.24) is 15.2 Å². The molecule has 2 heterocycles. The molecule has 2 N–H and O–H groups in total. The molecule has 3 rings (SSSR count). The number of nitrogens with zero attached hydrogens (tertiary/aromatic N) is 2. The van der Waals surface area contributed by atoms with Crippen LogP contribution in [0.5, 0.6) is 0 Å². The number of hydrogen-bond donors (Lipinski definition) is 2. The van der Waals surface area contributed by atoms with Crippen molar-refractivity contribution in [2.75, 3.05) is 13.1 Å². The Kier molecular flexibility index (Phi) is 7.28. The number of halogens is 1. The summed E-state index contributed by atoms with van der Waals surface area (Å²) >= 11 is 5.97. The summed E-state index contributed by atoms with van der Waals surface area (Å²) in [5.74, 6) is -1.56. The molecule has 1 aliphatic rings. The first-order valence-corrected chi connectivity index (χ1v) is 10.7. The van der Waals surface area contributed by atoms with E-state index >= 15 is 0 Å². The second-order valence-electron chi connectivity index (χ2n) is 8.11. The molecule has 0 saturated carbocycles. The van der Waals surface area contributed by atoms with Crippen molar-refractivity contribution in [3.63, 3.8) is 0 Å². The minimum absolute atomic E-state index is 0.0793. The summed E-state index contributed by atoms with van der Waals surface area (Å²) in [6.07, 6.45) is 4.16.